The molecular weight excluding hydrogens is 611 g/mol. The van der Waals surface area contributed by atoms with E-state index in [4.69, 9.17) is 33.3 Å². The van der Waals surface area contributed by atoms with E-state index < -0.39 is 11.6 Å². The standard InChI is InChI=1S/C35H50Cl2N4O4/c1-23(2)22-40-18-15-35(16-19-40)39-31(28(20-24(3)36)21-25(4)37)33(45)41(35)29(12-14-34(5,6)7)26-8-10-27(11-9-26)32(44)38-17-13-30(42)43/h8-11,20-21,23-24,29H,12-19,22H2,1-7H3,(H,38,44)(H,42,43)/b25-21+,28-20+. The Balaban J connectivity index is 2.08. The number of allylic oxidation sites excluding steroid dienone is 3. The van der Waals surface area contributed by atoms with Crippen LogP contribution in [-0.4, -0.2) is 75.6 Å². The van der Waals surface area contributed by atoms with Crippen LogP contribution in [0.1, 0.15) is 103 Å². The lowest BCUT2D eigenvalue weighted by Gasteiger charge is -2.47. The van der Waals surface area contributed by atoms with Crippen molar-refractivity contribution in [2.45, 2.75) is 97.7 Å². The summed E-state index contributed by atoms with van der Waals surface area (Å²) in [5.74, 6) is -0.905. The van der Waals surface area contributed by atoms with Gasteiger partial charge in [-0.1, -0.05) is 64.4 Å². The number of aliphatic carboxylic acids is 1. The van der Waals surface area contributed by atoms with Crippen LogP contribution in [0.2, 0.25) is 0 Å². The molecule has 0 saturated carbocycles. The van der Waals surface area contributed by atoms with Crippen LogP contribution < -0.4 is 5.32 Å². The maximum atomic E-state index is 14.6. The van der Waals surface area contributed by atoms with Gasteiger partial charge in [-0.3, -0.25) is 19.4 Å². The predicted molar refractivity (Wildman–Crippen MR) is 183 cm³/mol. The second-order valence-electron chi connectivity index (χ2n) is 14.0. The topological polar surface area (TPSA) is 102 Å². The molecule has 2 aliphatic rings. The molecule has 8 nitrogen and oxygen atoms in total. The van der Waals surface area contributed by atoms with Gasteiger partial charge in [0.1, 0.15) is 11.4 Å². The van der Waals surface area contributed by atoms with Crippen LogP contribution in [0.15, 0.2) is 52.0 Å². The molecule has 45 heavy (non-hydrogen) atoms. The van der Waals surface area contributed by atoms with Crippen molar-refractivity contribution in [3.63, 3.8) is 0 Å². The molecule has 0 aliphatic carbocycles. The van der Waals surface area contributed by atoms with Gasteiger partial charge in [0.05, 0.1) is 12.5 Å². The van der Waals surface area contributed by atoms with E-state index in [0.29, 0.717) is 40.6 Å². The Morgan fingerprint density at radius 2 is 1.76 bits per heavy atom. The summed E-state index contributed by atoms with van der Waals surface area (Å²) >= 11 is 12.8. The zero-order valence-corrected chi connectivity index (χ0v) is 29.3. The van der Waals surface area contributed by atoms with Crippen LogP contribution in [0.5, 0.6) is 0 Å². The first-order valence-corrected chi connectivity index (χ1v) is 16.8. The fourth-order valence-corrected chi connectivity index (χ4v) is 6.36. The van der Waals surface area contributed by atoms with Gasteiger partial charge in [0.25, 0.3) is 11.8 Å². The summed E-state index contributed by atoms with van der Waals surface area (Å²) in [4.78, 5) is 47.9. The first kappa shape index (κ1) is 36.8. The number of nitrogens with zero attached hydrogens (tertiary/aromatic N) is 3. The number of halogens is 2. The molecule has 0 aromatic heterocycles. The number of piperidine rings is 1. The molecule has 2 aliphatic heterocycles. The Hall–Kier alpha value is -2.68. The summed E-state index contributed by atoms with van der Waals surface area (Å²) in [6, 6.07) is 7.03. The molecule has 1 spiro atoms. The minimum absolute atomic E-state index is 0.0278. The quantitative estimate of drug-likeness (QED) is 0.172. The van der Waals surface area contributed by atoms with Crippen molar-refractivity contribution in [3.8, 4) is 0 Å². The van der Waals surface area contributed by atoms with Crippen LogP contribution in [0.4, 0.5) is 0 Å². The summed E-state index contributed by atoms with van der Waals surface area (Å²) in [6.45, 7) is 17.3. The molecule has 2 amide bonds. The second-order valence-corrected chi connectivity index (χ2v) is 15.3. The number of benzene rings is 1. The summed E-state index contributed by atoms with van der Waals surface area (Å²) < 4.78 is 0. The molecule has 248 valence electrons. The third-order valence-electron chi connectivity index (χ3n) is 8.17. The van der Waals surface area contributed by atoms with E-state index in [1.54, 1.807) is 25.1 Å². The van der Waals surface area contributed by atoms with Gasteiger partial charge >= 0.3 is 5.97 Å². The Morgan fingerprint density at radius 3 is 2.27 bits per heavy atom. The summed E-state index contributed by atoms with van der Waals surface area (Å²) in [5, 5.41) is 11.8. The van der Waals surface area contributed by atoms with Crippen LogP contribution in [0.25, 0.3) is 0 Å². The van der Waals surface area contributed by atoms with E-state index in [-0.39, 0.29) is 41.6 Å². The third kappa shape index (κ3) is 10.4. The van der Waals surface area contributed by atoms with Crippen LogP contribution in [0.3, 0.4) is 0 Å². The predicted octanol–water partition coefficient (Wildman–Crippen LogP) is 7.19. The lowest BCUT2D eigenvalue weighted by molar-refractivity contribution is -0.137. The smallest absolute Gasteiger partial charge is 0.305 e. The molecule has 1 aromatic rings. The number of nitrogens with one attached hydrogen (secondary N) is 1. The molecule has 1 aromatic carbocycles. The van der Waals surface area contributed by atoms with Gasteiger partial charge in [-0.2, -0.15) is 0 Å². The number of hydrogen-bond donors (Lipinski definition) is 2. The van der Waals surface area contributed by atoms with Gasteiger partial charge in [0, 0.05) is 60.6 Å². The van der Waals surface area contributed by atoms with Crippen molar-refractivity contribution in [2.24, 2.45) is 16.3 Å². The van der Waals surface area contributed by atoms with E-state index >= 15 is 0 Å². The van der Waals surface area contributed by atoms with Crippen molar-refractivity contribution >= 4 is 46.7 Å². The normalized spacial score (nSPS) is 19.2. The Labute approximate surface area is 278 Å². The number of rotatable bonds is 13. The maximum absolute atomic E-state index is 14.6. The molecule has 0 radical (unpaired) electrons. The van der Waals surface area contributed by atoms with Gasteiger partial charge < -0.3 is 20.2 Å². The van der Waals surface area contributed by atoms with Gasteiger partial charge in [0.15, 0.2) is 0 Å². The first-order valence-electron chi connectivity index (χ1n) is 16.0. The number of hydrogen-bond acceptors (Lipinski definition) is 5. The third-order valence-corrected chi connectivity index (χ3v) is 8.40. The highest BCUT2D eigenvalue weighted by atomic mass is 35.5. The molecule has 10 heteroatoms. The number of carboxylic acids is 1. The molecule has 2 N–H and O–H groups in total. The summed E-state index contributed by atoms with van der Waals surface area (Å²) in [6.07, 6.45) is 6.45. The number of amides is 2. The number of carbonyl (C=O) groups is 3. The maximum Gasteiger partial charge on any atom is 0.305 e. The zero-order valence-electron chi connectivity index (χ0n) is 27.8. The Bertz CT molecular complexity index is 1300. The Morgan fingerprint density at radius 1 is 1.13 bits per heavy atom. The fraction of sp³-hybridized carbons (Fsp3) is 0.600. The average Bonchev–Trinajstić information content (AvgIpc) is 3.20. The second kappa shape index (κ2) is 15.7. The molecule has 2 unspecified atom stereocenters. The van der Waals surface area contributed by atoms with Gasteiger partial charge in [-0.25, -0.2) is 0 Å². The van der Waals surface area contributed by atoms with E-state index in [9.17, 15) is 14.4 Å². The SMILES string of the molecule is C/C(Cl)=C\C(=C/C(C)Cl)C1=NC2(CCN(CC(C)C)CC2)N(C(CCC(C)(C)C)c2ccc(C(=O)NCCC(=O)O)cc2)C1=O. The minimum Gasteiger partial charge on any atom is -0.481 e. The van der Waals surface area contributed by atoms with Crippen LogP contribution >= 0.6 is 23.2 Å². The minimum atomic E-state index is -0.969. The van der Waals surface area contributed by atoms with E-state index in [2.05, 4.69) is 44.8 Å². The van der Waals surface area contributed by atoms with Gasteiger partial charge in [0.2, 0.25) is 0 Å². The zero-order chi connectivity index (χ0) is 33.5. The molecule has 2 heterocycles. The van der Waals surface area contributed by atoms with Crippen molar-refractivity contribution in [1.29, 1.82) is 0 Å². The number of carboxylic acid groups (broad SMARTS) is 1. The molecule has 1 saturated heterocycles. The van der Waals surface area contributed by atoms with Crippen molar-refractivity contribution in [3.05, 3.63) is 58.1 Å². The van der Waals surface area contributed by atoms with E-state index in [1.807, 2.05) is 30.0 Å². The highest BCUT2D eigenvalue weighted by Crippen LogP contribution is 2.45. The van der Waals surface area contributed by atoms with Crippen LogP contribution in [-0.2, 0) is 9.59 Å². The molecular formula is C35H50Cl2N4O4. The average molecular weight is 662 g/mol. The highest BCUT2D eigenvalue weighted by Gasteiger charge is 2.52. The fourth-order valence-electron chi connectivity index (χ4n) is 6.11. The lowest BCUT2D eigenvalue weighted by atomic mass is 9.84. The number of aliphatic imine (C=N–C) groups is 1. The van der Waals surface area contributed by atoms with Crippen molar-refractivity contribution in [1.82, 2.24) is 15.1 Å². The molecule has 2 atom stereocenters. The molecule has 3 rings (SSSR count). The number of alkyl halides is 1. The summed E-state index contributed by atoms with van der Waals surface area (Å²) in [5.41, 5.74) is 1.68. The lowest BCUT2D eigenvalue weighted by Crippen LogP contribution is -2.55. The van der Waals surface area contributed by atoms with Crippen LogP contribution in [0, 0.1) is 11.3 Å². The first-order chi connectivity index (χ1) is 21.0. The highest BCUT2D eigenvalue weighted by molar-refractivity contribution is 6.48. The molecule has 0 bridgehead atoms. The monoisotopic (exact) mass is 660 g/mol. The summed E-state index contributed by atoms with van der Waals surface area (Å²) in [7, 11) is 0. The molecule has 1 fully saturated rings. The number of likely N-dealkylation sites (tertiary alicyclic amines) is 1. The Kier molecular flexibility index (Phi) is 12.9. The van der Waals surface area contributed by atoms with Gasteiger partial charge in [-0.05, 0) is 61.8 Å². The van der Waals surface area contributed by atoms with Crippen molar-refractivity contribution < 1.29 is 19.5 Å². The van der Waals surface area contributed by atoms with E-state index in [1.165, 1.54) is 0 Å². The van der Waals surface area contributed by atoms with Gasteiger partial charge in [-0.15, -0.1) is 11.6 Å². The van der Waals surface area contributed by atoms with Crippen molar-refractivity contribution in [2.75, 3.05) is 26.2 Å². The van der Waals surface area contributed by atoms with E-state index in [0.717, 1.165) is 38.0 Å². The number of carbonyl (C=O) groups excluding carboxylic acids is 2. The largest absolute Gasteiger partial charge is 0.481 e.